The summed E-state index contributed by atoms with van der Waals surface area (Å²) in [5, 5.41) is 18.7. The van der Waals surface area contributed by atoms with Crippen LogP contribution >= 0.6 is 0 Å². The van der Waals surface area contributed by atoms with E-state index in [1.807, 2.05) is 0 Å². The van der Waals surface area contributed by atoms with Gasteiger partial charge >= 0.3 is 0 Å². The van der Waals surface area contributed by atoms with Crippen LogP contribution in [0, 0.1) is 12.7 Å². The summed E-state index contributed by atoms with van der Waals surface area (Å²) in [6, 6.07) is 8.96. The molecule has 0 aliphatic rings. The third-order valence-corrected chi connectivity index (χ3v) is 2.41. The molecule has 0 aliphatic heterocycles. The highest BCUT2D eigenvalue weighted by Crippen LogP contribution is 2.29. The first-order chi connectivity index (χ1) is 7.56. The quantitative estimate of drug-likeness (QED) is 0.771. The molecule has 2 aromatic rings. The molecule has 0 aliphatic carbocycles. The van der Waals surface area contributed by atoms with Crippen LogP contribution in [0.4, 0.5) is 4.39 Å². The molecule has 0 radical (unpaired) electrons. The van der Waals surface area contributed by atoms with Gasteiger partial charge in [0.25, 0.3) is 0 Å². The van der Waals surface area contributed by atoms with E-state index in [9.17, 15) is 14.6 Å². The predicted octanol–water partition coefficient (Wildman–Crippen LogP) is 3.21. The van der Waals surface area contributed by atoms with Crippen LogP contribution in [-0.2, 0) is 0 Å². The first-order valence-corrected chi connectivity index (χ1v) is 4.86. The smallest absolute Gasteiger partial charge is 0.126 e. The topological polar surface area (TPSA) is 40.5 Å². The van der Waals surface area contributed by atoms with Crippen LogP contribution in [0.5, 0.6) is 11.5 Å². The molecule has 0 heterocycles. The van der Waals surface area contributed by atoms with E-state index >= 15 is 0 Å². The number of phenols is 2. The lowest BCUT2D eigenvalue weighted by Crippen LogP contribution is -1.84. The molecule has 2 aromatic carbocycles. The van der Waals surface area contributed by atoms with Gasteiger partial charge in [-0.3, -0.25) is 0 Å². The number of aryl methyl sites for hydroxylation is 1. The van der Waals surface area contributed by atoms with Crippen LogP contribution < -0.4 is 0 Å². The van der Waals surface area contributed by atoms with Crippen molar-refractivity contribution in [3.05, 3.63) is 47.8 Å². The second-order valence-electron chi connectivity index (χ2n) is 3.70. The largest absolute Gasteiger partial charge is 0.508 e. The third-order valence-electron chi connectivity index (χ3n) is 2.41. The molecule has 0 atom stereocenters. The van der Waals surface area contributed by atoms with Gasteiger partial charge < -0.3 is 10.2 Å². The van der Waals surface area contributed by atoms with E-state index in [0.29, 0.717) is 16.7 Å². The molecule has 0 unspecified atom stereocenters. The van der Waals surface area contributed by atoms with Crippen molar-refractivity contribution in [1.82, 2.24) is 0 Å². The number of hydrogen-bond donors (Lipinski definition) is 2. The molecule has 0 aromatic heterocycles. The summed E-state index contributed by atoms with van der Waals surface area (Å²) < 4.78 is 13.3. The molecule has 82 valence electrons. The number of benzene rings is 2. The number of aromatic hydroxyl groups is 2. The number of rotatable bonds is 1. The maximum Gasteiger partial charge on any atom is 0.126 e. The van der Waals surface area contributed by atoms with Crippen molar-refractivity contribution >= 4 is 0 Å². The fraction of sp³-hybridized carbons (Fsp3) is 0.0769. The minimum Gasteiger partial charge on any atom is -0.508 e. The lowest BCUT2D eigenvalue weighted by molar-refractivity contribution is 0.451. The maximum absolute atomic E-state index is 13.3. The molecule has 2 N–H and O–H groups in total. The number of hydrogen-bond acceptors (Lipinski definition) is 2. The Balaban J connectivity index is 2.54. The molecule has 2 rings (SSSR count). The van der Waals surface area contributed by atoms with Crippen molar-refractivity contribution in [2.75, 3.05) is 0 Å². The Morgan fingerprint density at radius 1 is 0.875 bits per heavy atom. The summed E-state index contributed by atoms with van der Waals surface area (Å²) in [4.78, 5) is 0. The summed E-state index contributed by atoms with van der Waals surface area (Å²) in [5.74, 6) is -0.396. The highest BCUT2D eigenvalue weighted by Gasteiger charge is 2.04. The average molecular weight is 218 g/mol. The Morgan fingerprint density at radius 3 is 2.06 bits per heavy atom. The summed E-state index contributed by atoms with van der Waals surface area (Å²) in [5.41, 5.74) is 1.76. The van der Waals surface area contributed by atoms with E-state index in [-0.39, 0.29) is 17.3 Å². The Labute approximate surface area is 92.6 Å². The van der Waals surface area contributed by atoms with Gasteiger partial charge in [-0.05, 0) is 41.8 Å². The van der Waals surface area contributed by atoms with E-state index in [2.05, 4.69) is 0 Å². The maximum atomic E-state index is 13.3. The van der Waals surface area contributed by atoms with Crippen LogP contribution in [0.25, 0.3) is 11.1 Å². The lowest BCUT2D eigenvalue weighted by atomic mass is 10.0. The van der Waals surface area contributed by atoms with Crippen molar-refractivity contribution in [2.45, 2.75) is 6.92 Å². The van der Waals surface area contributed by atoms with Crippen molar-refractivity contribution < 1.29 is 14.6 Å². The van der Waals surface area contributed by atoms with E-state index in [1.54, 1.807) is 19.1 Å². The minimum absolute atomic E-state index is 0.0454. The van der Waals surface area contributed by atoms with Gasteiger partial charge in [0.2, 0.25) is 0 Å². The predicted molar refractivity (Wildman–Crippen MR) is 59.9 cm³/mol. The van der Waals surface area contributed by atoms with E-state index in [1.165, 1.54) is 24.3 Å². The van der Waals surface area contributed by atoms with Gasteiger partial charge in [-0.2, -0.15) is 0 Å². The second-order valence-corrected chi connectivity index (χ2v) is 3.70. The van der Waals surface area contributed by atoms with Crippen LogP contribution in [0.3, 0.4) is 0 Å². The van der Waals surface area contributed by atoms with Crippen molar-refractivity contribution in [3.63, 3.8) is 0 Å². The van der Waals surface area contributed by atoms with Crippen LogP contribution in [0.2, 0.25) is 0 Å². The standard InChI is InChI=1S/C13H11FO2/c1-8-2-3-9(6-13(8)14)10-4-11(15)7-12(16)5-10/h2-7,15-16H,1H3. The summed E-state index contributed by atoms with van der Waals surface area (Å²) in [6.07, 6.45) is 0. The Bertz CT molecular complexity index is 515. The zero-order chi connectivity index (χ0) is 11.7. The summed E-state index contributed by atoms with van der Waals surface area (Å²) >= 11 is 0. The molecule has 0 fully saturated rings. The molecule has 0 saturated carbocycles. The zero-order valence-corrected chi connectivity index (χ0v) is 8.74. The molecular formula is C13H11FO2. The first-order valence-electron chi connectivity index (χ1n) is 4.86. The van der Waals surface area contributed by atoms with Crippen LogP contribution in [0.1, 0.15) is 5.56 Å². The number of phenolic OH excluding ortho intramolecular Hbond substituents is 2. The van der Waals surface area contributed by atoms with Gasteiger partial charge in [-0.1, -0.05) is 12.1 Å². The molecule has 2 nitrogen and oxygen atoms in total. The molecule has 0 spiro atoms. The molecule has 3 heteroatoms. The van der Waals surface area contributed by atoms with Gasteiger partial charge in [0.15, 0.2) is 0 Å². The van der Waals surface area contributed by atoms with E-state index in [0.717, 1.165) is 0 Å². The van der Waals surface area contributed by atoms with E-state index in [4.69, 9.17) is 0 Å². The molecular weight excluding hydrogens is 207 g/mol. The van der Waals surface area contributed by atoms with Gasteiger partial charge in [0.05, 0.1) is 0 Å². The van der Waals surface area contributed by atoms with Gasteiger partial charge in [0.1, 0.15) is 17.3 Å². The Kier molecular flexibility index (Phi) is 2.52. The van der Waals surface area contributed by atoms with Crippen molar-refractivity contribution in [3.8, 4) is 22.6 Å². The number of halogens is 1. The molecule has 0 amide bonds. The highest BCUT2D eigenvalue weighted by atomic mass is 19.1. The van der Waals surface area contributed by atoms with Gasteiger partial charge in [0, 0.05) is 6.07 Å². The molecule has 0 bridgehead atoms. The molecule has 16 heavy (non-hydrogen) atoms. The molecule has 0 saturated heterocycles. The average Bonchev–Trinajstić information content (AvgIpc) is 2.20. The van der Waals surface area contributed by atoms with Gasteiger partial charge in [-0.25, -0.2) is 4.39 Å². The third kappa shape index (κ3) is 1.98. The fourth-order valence-electron chi connectivity index (χ4n) is 1.53. The van der Waals surface area contributed by atoms with Crippen LogP contribution in [0.15, 0.2) is 36.4 Å². The second kappa shape index (κ2) is 3.85. The summed E-state index contributed by atoms with van der Waals surface area (Å²) in [6.45, 7) is 1.68. The van der Waals surface area contributed by atoms with Crippen molar-refractivity contribution in [1.29, 1.82) is 0 Å². The fourth-order valence-corrected chi connectivity index (χ4v) is 1.53. The SMILES string of the molecule is Cc1ccc(-c2cc(O)cc(O)c2)cc1F. The normalized spacial score (nSPS) is 10.4. The van der Waals surface area contributed by atoms with Crippen molar-refractivity contribution in [2.24, 2.45) is 0 Å². The minimum atomic E-state index is -0.305. The monoisotopic (exact) mass is 218 g/mol. The highest BCUT2D eigenvalue weighted by molar-refractivity contribution is 5.67. The van der Waals surface area contributed by atoms with E-state index < -0.39 is 0 Å². The lowest BCUT2D eigenvalue weighted by Gasteiger charge is -2.05. The Hall–Kier alpha value is -2.03. The Morgan fingerprint density at radius 2 is 1.50 bits per heavy atom. The van der Waals surface area contributed by atoms with Gasteiger partial charge in [-0.15, -0.1) is 0 Å². The van der Waals surface area contributed by atoms with Crippen LogP contribution in [-0.4, -0.2) is 10.2 Å². The zero-order valence-electron chi connectivity index (χ0n) is 8.74. The summed E-state index contributed by atoms with van der Waals surface area (Å²) in [7, 11) is 0. The first kappa shape index (κ1) is 10.5.